The van der Waals surface area contributed by atoms with Gasteiger partial charge in [0, 0.05) is 29.6 Å². The number of halogens is 2. The van der Waals surface area contributed by atoms with Crippen molar-refractivity contribution >= 4 is 52.7 Å². The number of imide groups is 1. The van der Waals surface area contributed by atoms with Crippen LogP contribution in [-0.2, 0) is 19.1 Å². The molecule has 0 N–H and O–H groups in total. The number of carbonyl (C=O) groups is 4. The Labute approximate surface area is 236 Å². The Morgan fingerprint density at radius 1 is 1.13 bits per heavy atom. The monoisotopic (exact) mass is 571 g/mol. The molecule has 204 valence electrons. The summed E-state index contributed by atoms with van der Waals surface area (Å²) in [5.41, 5.74) is -0.0568. The zero-order valence-corrected chi connectivity index (χ0v) is 23.2. The molecule has 2 aromatic carbocycles. The molecule has 2 saturated heterocycles. The van der Waals surface area contributed by atoms with Gasteiger partial charge in [-0.05, 0) is 49.9 Å². The van der Waals surface area contributed by atoms with Gasteiger partial charge in [0.1, 0.15) is 5.54 Å². The van der Waals surface area contributed by atoms with Gasteiger partial charge in [0.2, 0.25) is 5.91 Å². The van der Waals surface area contributed by atoms with Crippen LogP contribution in [0.15, 0.2) is 42.5 Å². The molecule has 0 unspecified atom stereocenters. The fourth-order valence-electron chi connectivity index (χ4n) is 5.21. The van der Waals surface area contributed by atoms with Crippen molar-refractivity contribution in [1.82, 2.24) is 14.7 Å². The van der Waals surface area contributed by atoms with Crippen LogP contribution in [0.2, 0.25) is 10.0 Å². The number of anilines is 1. The summed E-state index contributed by atoms with van der Waals surface area (Å²) in [6.45, 7) is 1.86. The van der Waals surface area contributed by atoms with Crippen molar-refractivity contribution in [1.29, 1.82) is 5.26 Å². The minimum absolute atomic E-state index is 0.0599. The van der Waals surface area contributed by atoms with Gasteiger partial charge < -0.3 is 14.5 Å². The van der Waals surface area contributed by atoms with E-state index in [4.69, 9.17) is 27.9 Å². The zero-order chi connectivity index (χ0) is 28.5. The summed E-state index contributed by atoms with van der Waals surface area (Å²) >= 11 is 12.3. The second kappa shape index (κ2) is 11.2. The standard InChI is InChI=1S/C27H27Cl2N5O5/c1-4-39-24(36)15-31(2)14-23(35)33-13-22(18-7-5-17(12-30)6-8-18)27(16-33)25(37)34(26(38)32(27)3)21-10-19(28)9-20(29)11-21/h5-11,22H,4,13-16H2,1-3H3/t22-,27+/m0/s1. The number of hydrogen-bond donors (Lipinski definition) is 0. The molecule has 2 aliphatic heterocycles. The third-order valence-corrected chi connectivity index (χ3v) is 7.51. The van der Waals surface area contributed by atoms with Gasteiger partial charge in [0.15, 0.2) is 0 Å². The van der Waals surface area contributed by atoms with E-state index in [0.29, 0.717) is 11.1 Å². The predicted molar refractivity (Wildman–Crippen MR) is 144 cm³/mol. The van der Waals surface area contributed by atoms with Crippen LogP contribution in [0.4, 0.5) is 10.5 Å². The summed E-state index contributed by atoms with van der Waals surface area (Å²) in [5.74, 6) is -1.87. The molecule has 2 fully saturated rings. The lowest BCUT2D eigenvalue weighted by molar-refractivity contribution is -0.144. The highest BCUT2D eigenvalue weighted by atomic mass is 35.5. The number of esters is 1. The van der Waals surface area contributed by atoms with Crippen LogP contribution in [0.5, 0.6) is 0 Å². The Morgan fingerprint density at radius 2 is 1.77 bits per heavy atom. The van der Waals surface area contributed by atoms with E-state index >= 15 is 0 Å². The Kier molecular flexibility index (Phi) is 8.16. The third-order valence-electron chi connectivity index (χ3n) is 7.07. The number of hydrogen-bond acceptors (Lipinski definition) is 7. The first-order chi connectivity index (χ1) is 18.5. The molecule has 0 bridgehead atoms. The fourth-order valence-corrected chi connectivity index (χ4v) is 5.72. The van der Waals surface area contributed by atoms with Gasteiger partial charge in [-0.25, -0.2) is 9.69 Å². The van der Waals surface area contributed by atoms with Crippen molar-refractivity contribution in [3.63, 3.8) is 0 Å². The van der Waals surface area contributed by atoms with Crippen molar-refractivity contribution in [2.24, 2.45) is 0 Å². The molecule has 4 amide bonds. The summed E-state index contributed by atoms with van der Waals surface area (Å²) in [6.07, 6.45) is 0. The van der Waals surface area contributed by atoms with Crippen molar-refractivity contribution in [3.8, 4) is 6.07 Å². The van der Waals surface area contributed by atoms with Crippen LogP contribution in [0, 0.1) is 11.3 Å². The molecule has 10 nitrogen and oxygen atoms in total. The molecule has 4 rings (SSSR count). The summed E-state index contributed by atoms with van der Waals surface area (Å²) in [6, 6.07) is 12.7. The normalized spacial score (nSPS) is 20.7. The first kappa shape index (κ1) is 28.4. The molecule has 0 aromatic heterocycles. The number of likely N-dealkylation sites (tertiary alicyclic amines) is 1. The maximum absolute atomic E-state index is 14.2. The molecule has 12 heteroatoms. The van der Waals surface area contributed by atoms with Crippen LogP contribution in [0.3, 0.4) is 0 Å². The second-order valence-corrected chi connectivity index (χ2v) is 10.4. The Morgan fingerprint density at radius 3 is 2.36 bits per heavy atom. The van der Waals surface area contributed by atoms with E-state index in [1.165, 1.54) is 39.9 Å². The van der Waals surface area contributed by atoms with Crippen LogP contribution >= 0.6 is 23.2 Å². The average Bonchev–Trinajstić information content (AvgIpc) is 3.37. The predicted octanol–water partition coefficient (Wildman–Crippen LogP) is 3.12. The molecule has 1 spiro atoms. The number of nitriles is 1. The molecule has 0 saturated carbocycles. The zero-order valence-electron chi connectivity index (χ0n) is 21.7. The van der Waals surface area contributed by atoms with Gasteiger partial charge >= 0.3 is 12.0 Å². The van der Waals surface area contributed by atoms with E-state index in [2.05, 4.69) is 6.07 Å². The second-order valence-electron chi connectivity index (χ2n) is 9.57. The van der Waals surface area contributed by atoms with Crippen molar-refractivity contribution in [2.45, 2.75) is 18.4 Å². The lowest BCUT2D eigenvalue weighted by atomic mass is 9.80. The molecular weight excluding hydrogens is 545 g/mol. The first-order valence-electron chi connectivity index (χ1n) is 12.2. The van der Waals surface area contributed by atoms with Crippen molar-refractivity contribution in [2.75, 3.05) is 51.8 Å². The van der Waals surface area contributed by atoms with Gasteiger partial charge in [0.05, 0.1) is 43.6 Å². The van der Waals surface area contributed by atoms with Crippen LogP contribution in [0.25, 0.3) is 0 Å². The van der Waals surface area contributed by atoms with E-state index in [1.807, 2.05) is 0 Å². The van der Waals surface area contributed by atoms with Gasteiger partial charge in [0.25, 0.3) is 5.91 Å². The lowest BCUT2D eigenvalue weighted by Gasteiger charge is -2.33. The van der Waals surface area contributed by atoms with Crippen LogP contribution in [0.1, 0.15) is 24.0 Å². The number of ether oxygens (including phenoxy) is 1. The van der Waals surface area contributed by atoms with Crippen molar-refractivity contribution < 1.29 is 23.9 Å². The number of urea groups is 1. The van der Waals surface area contributed by atoms with E-state index in [0.717, 1.165) is 4.90 Å². The molecular formula is C27H27Cl2N5O5. The molecule has 0 radical (unpaired) electrons. The van der Waals surface area contributed by atoms with Crippen molar-refractivity contribution in [3.05, 3.63) is 63.6 Å². The molecule has 39 heavy (non-hydrogen) atoms. The molecule has 2 aromatic rings. The van der Waals surface area contributed by atoms with E-state index in [9.17, 15) is 24.4 Å². The highest BCUT2D eigenvalue weighted by Crippen LogP contribution is 2.46. The third kappa shape index (κ3) is 5.30. The van der Waals surface area contributed by atoms with Gasteiger partial charge in [-0.1, -0.05) is 35.3 Å². The van der Waals surface area contributed by atoms with E-state index in [1.54, 1.807) is 38.2 Å². The Balaban J connectivity index is 1.71. The Bertz CT molecular complexity index is 1340. The SMILES string of the molecule is CCOC(=O)CN(C)CC(=O)N1C[C@@H](c2ccc(C#N)cc2)[C@]2(C1)C(=O)N(c1cc(Cl)cc(Cl)c1)C(=O)N2C. The summed E-state index contributed by atoms with van der Waals surface area (Å²) in [7, 11) is 3.16. The molecule has 0 aliphatic carbocycles. The van der Waals surface area contributed by atoms with Gasteiger partial charge in [-0.15, -0.1) is 0 Å². The largest absolute Gasteiger partial charge is 0.465 e. The minimum Gasteiger partial charge on any atom is -0.465 e. The maximum Gasteiger partial charge on any atom is 0.332 e. The number of benzene rings is 2. The van der Waals surface area contributed by atoms with E-state index in [-0.39, 0.29) is 54.4 Å². The topological polar surface area (TPSA) is 114 Å². The minimum atomic E-state index is -1.42. The molecule has 2 aliphatic rings. The fraction of sp³-hybridized carbons (Fsp3) is 0.370. The quantitative estimate of drug-likeness (QED) is 0.370. The number of carbonyl (C=O) groups excluding carboxylic acids is 4. The Hall–Kier alpha value is -3.65. The summed E-state index contributed by atoms with van der Waals surface area (Å²) in [4.78, 5) is 58.5. The summed E-state index contributed by atoms with van der Waals surface area (Å²) < 4.78 is 4.96. The lowest BCUT2D eigenvalue weighted by Crippen LogP contribution is -2.54. The maximum atomic E-state index is 14.2. The summed E-state index contributed by atoms with van der Waals surface area (Å²) in [5, 5.41) is 9.77. The molecule has 2 atom stereocenters. The van der Waals surface area contributed by atoms with Gasteiger partial charge in [-0.3, -0.25) is 19.3 Å². The highest BCUT2D eigenvalue weighted by molar-refractivity contribution is 6.35. The van der Waals surface area contributed by atoms with Gasteiger partial charge in [-0.2, -0.15) is 5.26 Å². The number of nitrogens with zero attached hydrogens (tertiary/aromatic N) is 5. The number of rotatable bonds is 7. The molecule has 2 heterocycles. The van der Waals surface area contributed by atoms with Crippen LogP contribution < -0.4 is 4.90 Å². The number of likely N-dealkylation sites (N-methyl/N-ethyl adjacent to an activating group) is 2. The smallest absolute Gasteiger partial charge is 0.332 e. The van der Waals surface area contributed by atoms with E-state index < -0.39 is 29.4 Å². The number of amides is 4. The average molecular weight is 572 g/mol. The highest BCUT2D eigenvalue weighted by Gasteiger charge is 2.65. The van der Waals surface area contributed by atoms with Crippen LogP contribution in [-0.4, -0.2) is 90.9 Å². The first-order valence-corrected chi connectivity index (χ1v) is 13.0.